The molecule has 0 aliphatic heterocycles. The van der Waals surface area contributed by atoms with E-state index in [0.29, 0.717) is 11.0 Å². The minimum absolute atomic E-state index is 0.0894. The summed E-state index contributed by atoms with van der Waals surface area (Å²) in [4.78, 5) is 16.2. The van der Waals surface area contributed by atoms with Gasteiger partial charge in [0.1, 0.15) is 17.2 Å². The molecule has 3 aromatic rings. The van der Waals surface area contributed by atoms with E-state index in [1.165, 1.54) is 16.7 Å². The van der Waals surface area contributed by atoms with Crippen molar-refractivity contribution >= 4 is 11.0 Å². The molecule has 5 heteroatoms. The van der Waals surface area contributed by atoms with Gasteiger partial charge in [-0.1, -0.05) is 12.1 Å². The van der Waals surface area contributed by atoms with Crippen molar-refractivity contribution in [3.63, 3.8) is 0 Å². The van der Waals surface area contributed by atoms with Crippen LogP contribution < -0.4 is 5.56 Å². The first kappa shape index (κ1) is 12.3. The molecule has 2 heterocycles. The van der Waals surface area contributed by atoms with Gasteiger partial charge in [-0.3, -0.25) is 9.36 Å². The number of pyridine rings is 2. The van der Waals surface area contributed by atoms with Crippen LogP contribution in [0.25, 0.3) is 11.0 Å². The highest BCUT2D eigenvalue weighted by molar-refractivity contribution is 5.81. The standard InChI is InChI=1S/C15H11FN2O2/c16-11-5-3-10(4-6-11)9-18-14(20)8-13(19)12-2-1-7-17-15(12)18/h1-8,19H,9H2. The van der Waals surface area contributed by atoms with E-state index < -0.39 is 0 Å². The molecular formula is C15H11FN2O2. The molecule has 100 valence electrons. The third kappa shape index (κ3) is 2.14. The third-order valence-electron chi connectivity index (χ3n) is 3.10. The van der Waals surface area contributed by atoms with Crippen LogP contribution in [0.5, 0.6) is 5.75 Å². The molecule has 4 nitrogen and oxygen atoms in total. The van der Waals surface area contributed by atoms with Crippen LogP contribution in [0.3, 0.4) is 0 Å². The van der Waals surface area contributed by atoms with Gasteiger partial charge >= 0.3 is 0 Å². The van der Waals surface area contributed by atoms with Crippen molar-refractivity contribution in [1.82, 2.24) is 9.55 Å². The van der Waals surface area contributed by atoms with Crippen molar-refractivity contribution in [2.75, 3.05) is 0 Å². The smallest absolute Gasteiger partial charge is 0.256 e. The van der Waals surface area contributed by atoms with E-state index in [1.54, 1.807) is 30.5 Å². The maximum absolute atomic E-state index is 12.9. The zero-order valence-electron chi connectivity index (χ0n) is 10.5. The van der Waals surface area contributed by atoms with Crippen molar-refractivity contribution in [3.8, 4) is 5.75 Å². The molecule has 0 unspecified atom stereocenters. The number of halogens is 1. The topological polar surface area (TPSA) is 55.1 Å². The maximum Gasteiger partial charge on any atom is 0.256 e. The molecule has 1 aromatic carbocycles. The fourth-order valence-corrected chi connectivity index (χ4v) is 2.11. The van der Waals surface area contributed by atoms with Crippen LogP contribution in [0.2, 0.25) is 0 Å². The quantitative estimate of drug-likeness (QED) is 0.777. The fourth-order valence-electron chi connectivity index (χ4n) is 2.11. The van der Waals surface area contributed by atoms with E-state index in [9.17, 15) is 14.3 Å². The Morgan fingerprint density at radius 3 is 2.70 bits per heavy atom. The summed E-state index contributed by atoms with van der Waals surface area (Å²) in [6.45, 7) is 0.271. The van der Waals surface area contributed by atoms with E-state index >= 15 is 0 Å². The summed E-state index contributed by atoms with van der Waals surface area (Å²) in [6.07, 6.45) is 1.56. The number of nitrogens with zero attached hydrogens (tertiary/aromatic N) is 2. The summed E-state index contributed by atoms with van der Waals surface area (Å²) >= 11 is 0. The van der Waals surface area contributed by atoms with E-state index in [4.69, 9.17) is 0 Å². The van der Waals surface area contributed by atoms with Crippen LogP contribution in [0.4, 0.5) is 4.39 Å². The first-order valence-electron chi connectivity index (χ1n) is 6.07. The van der Waals surface area contributed by atoms with Crippen LogP contribution in [0.1, 0.15) is 5.56 Å². The van der Waals surface area contributed by atoms with Crippen molar-refractivity contribution in [1.29, 1.82) is 0 Å². The van der Waals surface area contributed by atoms with Gasteiger partial charge in [0.2, 0.25) is 0 Å². The molecule has 0 aliphatic rings. The summed E-state index contributed by atoms with van der Waals surface area (Å²) in [5, 5.41) is 10.3. The molecule has 20 heavy (non-hydrogen) atoms. The normalized spacial score (nSPS) is 10.8. The van der Waals surface area contributed by atoms with E-state index in [0.717, 1.165) is 11.6 Å². The van der Waals surface area contributed by atoms with Gasteiger partial charge in [0.15, 0.2) is 0 Å². The largest absolute Gasteiger partial charge is 0.507 e. The highest BCUT2D eigenvalue weighted by Crippen LogP contribution is 2.20. The van der Waals surface area contributed by atoms with Crippen molar-refractivity contribution < 1.29 is 9.50 Å². The number of aromatic hydroxyl groups is 1. The molecule has 0 aliphatic carbocycles. The highest BCUT2D eigenvalue weighted by Gasteiger charge is 2.09. The fraction of sp³-hybridized carbons (Fsp3) is 0.0667. The number of benzene rings is 1. The number of hydrogen-bond acceptors (Lipinski definition) is 3. The van der Waals surface area contributed by atoms with Gasteiger partial charge in [0.25, 0.3) is 5.56 Å². The molecule has 0 fully saturated rings. The molecule has 0 atom stereocenters. The Bertz CT molecular complexity index is 825. The van der Waals surface area contributed by atoms with Crippen LogP contribution >= 0.6 is 0 Å². The average molecular weight is 270 g/mol. The third-order valence-corrected chi connectivity index (χ3v) is 3.10. The second kappa shape index (κ2) is 4.77. The number of hydrogen-bond donors (Lipinski definition) is 1. The van der Waals surface area contributed by atoms with Crippen LogP contribution in [-0.2, 0) is 6.54 Å². The van der Waals surface area contributed by atoms with Crippen LogP contribution in [-0.4, -0.2) is 14.7 Å². The highest BCUT2D eigenvalue weighted by atomic mass is 19.1. The molecule has 0 bridgehead atoms. The molecule has 2 aromatic heterocycles. The number of fused-ring (bicyclic) bond motifs is 1. The summed E-state index contributed by atoms with van der Waals surface area (Å²) in [6, 6.07) is 10.5. The Labute approximate surface area is 113 Å². The molecule has 0 saturated heterocycles. The molecule has 0 amide bonds. The lowest BCUT2D eigenvalue weighted by molar-refractivity contribution is 0.479. The van der Waals surface area contributed by atoms with Gasteiger partial charge in [-0.05, 0) is 29.8 Å². The molecule has 0 saturated carbocycles. The van der Waals surface area contributed by atoms with Crippen LogP contribution in [0, 0.1) is 5.82 Å². The molecule has 1 N–H and O–H groups in total. The lowest BCUT2D eigenvalue weighted by atomic mass is 10.2. The summed E-state index contributed by atoms with van der Waals surface area (Å²) < 4.78 is 14.3. The van der Waals surface area contributed by atoms with Gasteiger partial charge in [0.05, 0.1) is 11.9 Å². The lowest BCUT2D eigenvalue weighted by Crippen LogP contribution is -2.20. The number of rotatable bonds is 2. The number of aromatic nitrogens is 2. The molecule has 3 rings (SSSR count). The van der Waals surface area contributed by atoms with Gasteiger partial charge < -0.3 is 5.11 Å². The molecular weight excluding hydrogens is 259 g/mol. The Hall–Kier alpha value is -2.69. The zero-order valence-corrected chi connectivity index (χ0v) is 10.5. The summed E-state index contributed by atoms with van der Waals surface area (Å²) in [7, 11) is 0. The van der Waals surface area contributed by atoms with Crippen molar-refractivity contribution in [2.24, 2.45) is 0 Å². The Morgan fingerprint density at radius 2 is 1.95 bits per heavy atom. The van der Waals surface area contributed by atoms with Crippen molar-refractivity contribution in [2.45, 2.75) is 6.54 Å². The second-order valence-electron chi connectivity index (χ2n) is 4.45. The molecule has 0 spiro atoms. The molecule has 0 radical (unpaired) electrons. The predicted molar refractivity (Wildman–Crippen MR) is 73.2 cm³/mol. The maximum atomic E-state index is 12.9. The lowest BCUT2D eigenvalue weighted by Gasteiger charge is -2.10. The van der Waals surface area contributed by atoms with Gasteiger partial charge in [-0.2, -0.15) is 0 Å². The van der Waals surface area contributed by atoms with Gasteiger partial charge in [-0.15, -0.1) is 0 Å². The van der Waals surface area contributed by atoms with E-state index in [2.05, 4.69) is 4.98 Å². The van der Waals surface area contributed by atoms with Gasteiger partial charge in [-0.25, -0.2) is 9.37 Å². The second-order valence-corrected chi connectivity index (χ2v) is 4.45. The Balaban J connectivity index is 2.16. The summed E-state index contributed by atoms with van der Waals surface area (Å²) in [5.41, 5.74) is 0.839. The first-order chi connectivity index (χ1) is 9.65. The first-order valence-corrected chi connectivity index (χ1v) is 6.07. The zero-order chi connectivity index (χ0) is 14.1. The minimum atomic E-state index is -0.349. The minimum Gasteiger partial charge on any atom is -0.507 e. The van der Waals surface area contributed by atoms with Gasteiger partial charge in [0, 0.05) is 12.3 Å². The Kier molecular flexibility index (Phi) is 2.95. The van der Waals surface area contributed by atoms with E-state index in [-0.39, 0.29) is 23.7 Å². The van der Waals surface area contributed by atoms with Crippen LogP contribution in [0.15, 0.2) is 53.5 Å². The predicted octanol–water partition coefficient (Wildman–Crippen LogP) is 2.29. The average Bonchev–Trinajstić information content (AvgIpc) is 2.45. The van der Waals surface area contributed by atoms with Crippen molar-refractivity contribution in [3.05, 3.63) is 70.4 Å². The van der Waals surface area contributed by atoms with E-state index in [1.807, 2.05) is 0 Å². The summed E-state index contributed by atoms with van der Waals surface area (Å²) in [5.74, 6) is -0.414. The monoisotopic (exact) mass is 270 g/mol. The SMILES string of the molecule is O=c1cc(O)c2cccnc2n1Cc1ccc(F)cc1. The Morgan fingerprint density at radius 1 is 1.20 bits per heavy atom.